The number of Topliss-reactive ketones (excluding diaryl/α,β-unsaturated/α-hetero) is 1. The Morgan fingerprint density at radius 3 is 2.46 bits per heavy atom. The summed E-state index contributed by atoms with van der Waals surface area (Å²) < 4.78 is 5.10. The van der Waals surface area contributed by atoms with Crippen LogP contribution in [0.15, 0.2) is 24.3 Å². The zero-order valence-corrected chi connectivity index (χ0v) is 13.9. The van der Waals surface area contributed by atoms with Gasteiger partial charge in [-0.1, -0.05) is 6.42 Å². The summed E-state index contributed by atoms with van der Waals surface area (Å²) in [6.07, 6.45) is 5.37. The summed E-state index contributed by atoms with van der Waals surface area (Å²) in [5, 5.41) is 2.66. The van der Waals surface area contributed by atoms with Crippen LogP contribution in [-0.2, 0) is 14.3 Å². The molecule has 0 unspecified atom stereocenters. The van der Waals surface area contributed by atoms with Crippen LogP contribution in [-0.4, -0.2) is 24.3 Å². The molecule has 2 bridgehead atoms. The molecule has 3 rings (SSSR count). The van der Waals surface area contributed by atoms with Gasteiger partial charge in [-0.2, -0.15) is 0 Å². The zero-order chi connectivity index (χ0) is 17.1. The maximum atomic E-state index is 11.9. The summed E-state index contributed by atoms with van der Waals surface area (Å²) in [6.45, 7) is 1.22. The first-order valence-electron chi connectivity index (χ1n) is 8.57. The second kappa shape index (κ2) is 7.16. The largest absolute Gasteiger partial charge is 0.456 e. The lowest BCUT2D eigenvalue weighted by Gasteiger charge is -2.20. The molecule has 0 radical (unpaired) electrons. The van der Waals surface area contributed by atoms with Crippen molar-refractivity contribution in [3.05, 3.63) is 29.8 Å². The van der Waals surface area contributed by atoms with Crippen molar-refractivity contribution >= 4 is 23.3 Å². The lowest BCUT2D eigenvalue weighted by molar-refractivity contribution is -0.148. The molecule has 5 heteroatoms. The Morgan fingerprint density at radius 1 is 1.12 bits per heavy atom. The predicted molar refractivity (Wildman–Crippen MR) is 89.6 cm³/mol. The standard InChI is InChI=1S/C19H23NO4/c1-12(21)14-4-6-17(7-5-14)20-18(22)11-24-19(23)10-16-9-13-2-3-15(16)8-13/h4-7,13,15-16H,2-3,8-11H2,1H3,(H,20,22)/t13-,15+,16-/m0/s1. The lowest BCUT2D eigenvalue weighted by Crippen LogP contribution is -2.23. The first kappa shape index (κ1) is 16.7. The molecule has 2 aliphatic rings. The van der Waals surface area contributed by atoms with Crippen LogP contribution in [0.5, 0.6) is 0 Å². The minimum atomic E-state index is -0.369. The number of esters is 1. The van der Waals surface area contributed by atoms with Crippen molar-refractivity contribution < 1.29 is 19.1 Å². The topological polar surface area (TPSA) is 72.5 Å². The van der Waals surface area contributed by atoms with Gasteiger partial charge < -0.3 is 10.1 Å². The molecular formula is C19H23NO4. The van der Waals surface area contributed by atoms with E-state index in [4.69, 9.17) is 4.74 Å². The van der Waals surface area contributed by atoms with Gasteiger partial charge in [-0.25, -0.2) is 0 Å². The molecule has 0 spiro atoms. The number of nitrogens with one attached hydrogen (secondary N) is 1. The highest BCUT2D eigenvalue weighted by atomic mass is 16.5. The number of amides is 1. The summed E-state index contributed by atoms with van der Waals surface area (Å²) in [4.78, 5) is 35.0. The third kappa shape index (κ3) is 4.02. The Morgan fingerprint density at radius 2 is 1.88 bits per heavy atom. The molecule has 2 aliphatic carbocycles. The number of fused-ring (bicyclic) bond motifs is 2. The number of ether oxygens (including phenoxy) is 1. The van der Waals surface area contributed by atoms with E-state index >= 15 is 0 Å². The Hall–Kier alpha value is -2.17. The van der Waals surface area contributed by atoms with E-state index in [1.54, 1.807) is 24.3 Å². The maximum absolute atomic E-state index is 11.9. The molecule has 0 heterocycles. The van der Waals surface area contributed by atoms with Crippen molar-refractivity contribution in [2.75, 3.05) is 11.9 Å². The van der Waals surface area contributed by atoms with Crippen molar-refractivity contribution in [1.29, 1.82) is 0 Å². The molecule has 2 saturated carbocycles. The average Bonchev–Trinajstić information content (AvgIpc) is 3.16. The fourth-order valence-corrected chi connectivity index (χ4v) is 4.03. The summed E-state index contributed by atoms with van der Waals surface area (Å²) in [5.74, 6) is 1.24. The summed E-state index contributed by atoms with van der Waals surface area (Å²) in [6, 6.07) is 6.62. The zero-order valence-electron chi connectivity index (χ0n) is 13.9. The molecule has 5 nitrogen and oxygen atoms in total. The first-order valence-corrected chi connectivity index (χ1v) is 8.57. The van der Waals surface area contributed by atoms with Gasteiger partial charge in [0.1, 0.15) is 0 Å². The Kier molecular flexibility index (Phi) is 4.97. The molecule has 1 amide bonds. The van der Waals surface area contributed by atoms with Gasteiger partial charge >= 0.3 is 5.97 Å². The number of hydrogen-bond donors (Lipinski definition) is 1. The number of anilines is 1. The molecule has 0 aliphatic heterocycles. The average molecular weight is 329 g/mol. The van der Waals surface area contributed by atoms with Gasteiger partial charge in [-0.15, -0.1) is 0 Å². The SMILES string of the molecule is CC(=O)c1ccc(NC(=O)COC(=O)C[C@@H]2C[C@H]3CC[C@@H]2C3)cc1. The van der Waals surface area contributed by atoms with E-state index < -0.39 is 0 Å². The van der Waals surface area contributed by atoms with E-state index in [1.165, 1.54) is 26.2 Å². The third-order valence-corrected chi connectivity index (χ3v) is 5.25. The van der Waals surface area contributed by atoms with Gasteiger partial charge in [0, 0.05) is 17.7 Å². The lowest BCUT2D eigenvalue weighted by atomic mass is 9.86. The molecule has 2 fully saturated rings. The Balaban J connectivity index is 1.40. The number of ketones is 1. The summed E-state index contributed by atoms with van der Waals surface area (Å²) in [7, 11) is 0. The molecule has 1 aromatic carbocycles. The van der Waals surface area contributed by atoms with Crippen LogP contribution in [0.1, 0.15) is 49.4 Å². The van der Waals surface area contributed by atoms with Gasteiger partial charge in [-0.05, 0) is 68.2 Å². The Labute approximate surface area is 141 Å². The first-order chi connectivity index (χ1) is 11.5. The van der Waals surface area contributed by atoms with Crippen molar-refractivity contribution in [3.8, 4) is 0 Å². The molecule has 0 saturated heterocycles. The summed E-state index contributed by atoms with van der Waals surface area (Å²) >= 11 is 0. The smallest absolute Gasteiger partial charge is 0.306 e. The molecule has 1 aromatic rings. The maximum Gasteiger partial charge on any atom is 0.306 e. The normalized spacial score (nSPS) is 24.6. The van der Waals surface area contributed by atoms with Crippen LogP contribution in [0.4, 0.5) is 5.69 Å². The molecule has 3 atom stereocenters. The highest BCUT2D eigenvalue weighted by molar-refractivity contribution is 5.96. The second-order valence-corrected chi connectivity index (χ2v) is 6.98. The van der Waals surface area contributed by atoms with Crippen LogP contribution < -0.4 is 5.32 Å². The number of rotatable bonds is 6. The van der Waals surface area contributed by atoms with Gasteiger partial charge in [-0.3, -0.25) is 14.4 Å². The van der Waals surface area contributed by atoms with E-state index in [-0.39, 0.29) is 24.3 Å². The number of carbonyl (C=O) groups is 3. The van der Waals surface area contributed by atoms with Crippen LogP contribution in [0.3, 0.4) is 0 Å². The monoisotopic (exact) mass is 329 g/mol. The quantitative estimate of drug-likeness (QED) is 0.642. The fraction of sp³-hybridized carbons (Fsp3) is 0.526. The Bertz CT molecular complexity index is 637. The number of carbonyl (C=O) groups excluding carboxylic acids is 3. The van der Waals surface area contributed by atoms with E-state index in [0.29, 0.717) is 29.5 Å². The van der Waals surface area contributed by atoms with E-state index in [0.717, 1.165) is 12.3 Å². The number of benzene rings is 1. The van der Waals surface area contributed by atoms with Gasteiger partial charge in [0.2, 0.25) is 0 Å². The molecule has 128 valence electrons. The molecule has 1 N–H and O–H groups in total. The van der Waals surface area contributed by atoms with E-state index in [1.807, 2.05) is 0 Å². The minimum Gasteiger partial charge on any atom is -0.456 e. The summed E-state index contributed by atoms with van der Waals surface area (Å²) in [5.41, 5.74) is 1.17. The van der Waals surface area contributed by atoms with Crippen molar-refractivity contribution in [3.63, 3.8) is 0 Å². The highest BCUT2D eigenvalue weighted by Gasteiger charge is 2.40. The predicted octanol–water partition coefficient (Wildman–Crippen LogP) is 3.20. The van der Waals surface area contributed by atoms with Crippen LogP contribution in [0.2, 0.25) is 0 Å². The van der Waals surface area contributed by atoms with Crippen LogP contribution >= 0.6 is 0 Å². The number of hydrogen-bond acceptors (Lipinski definition) is 4. The van der Waals surface area contributed by atoms with Crippen LogP contribution in [0.25, 0.3) is 0 Å². The molecular weight excluding hydrogens is 306 g/mol. The van der Waals surface area contributed by atoms with Crippen molar-refractivity contribution in [1.82, 2.24) is 0 Å². The van der Waals surface area contributed by atoms with E-state index in [9.17, 15) is 14.4 Å². The fourth-order valence-electron chi connectivity index (χ4n) is 4.03. The van der Waals surface area contributed by atoms with Gasteiger partial charge in [0.15, 0.2) is 12.4 Å². The molecule has 0 aromatic heterocycles. The third-order valence-electron chi connectivity index (χ3n) is 5.25. The highest BCUT2D eigenvalue weighted by Crippen LogP contribution is 2.49. The van der Waals surface area contributed by atoms with Gasteiger partial charge in [0.25, 0.3) is 5.91 Å². The van der Waals surface area contributed by atoms with E-state index in [2.05, 4.69) is 5.32 Å². The minimum absolute atomic E-state index is 0.0255. The van der Waals surface area contributed by atoms with Crippen molar-refractivity contribution in [2.24, 2.45) is 17.8 Å². The van der Waals surface area contributed by atoms with Gasteiger partial charge in [0.05, 0.1) is 0 Å². The van der Waals surface area contributed by atoms with Crippen LogP contribution in [0, 0.1) is 17.8 Å². The van der Waals surface area contributed by atoms with Crippen molar-refractivity contribution in [2.45, 2.75) is 39.0 Å². The molecule has 24 heavy (non-hydrogen) atoms. The second-order valence-electron chi connectivity index (χ2n) is 6.98.